The number of nitrogens with zero attached hydrogens (tertiary/aromatic N) is 3. The van der Waals surface area contributed by atoms with E-state index >= 15 is 0 Å². The standard InChI is InChI=1S/C10H14F3N3O2/c1-4-6(3)16-8(10(11,12)13)7(14-15-16)9(17)18-5-2/h6H,4-5H2,1-3H3. The topological polar surface area (TPSA) is 57.0 Å². The van der Waals surface area contributed by atoms with Crippen molar-refractivity contribution in [1.82, 2.24) is 15.0 Å². The highest BCUT2D eigenvalue weighted by atomic mass is 19.4. The molecule has 1 heterocycles. The summed E-state index contributed by atoms with van der Waals surface area (Å²) < 4.78 is 44.0. The second-order valence-corrected chi connectivity index (χ2v) is 3.71. The molecule has 1 aromatic rings. The van der Waals surface area contributed by atoms with Gasteiger partial charge in [-0.1, -0.05) is 12.1 Å². The number of carbonyl (C=O) groups is 1. The van der Waals surface area contributed by atoms with Gasteiger partial charge in [0.1, 0.15) is 0 Å². The summed E-state index contributed by atoms with van der Waals surface area (Å²) in [5, 5.41) is 6.69. The summed E-state index contributed by atoms with van der Waals surface area (Å²) in [6.45, 7) is 4.77. The van der Waals surface area contributed by atoms with Crippen LogP contribution in [0.3, 0.4) is 0 Å². The third-order valence-corrected chi connectivity index (χ3v) is 2.44. The molecule has 0 aromatic carbocycles. The number of halogens is 3. The molecule has 0 bridgehead atoms. The van der Waals surface area contributed by atoms with E-state index in [0.717, 1.165) is 0 Å². The lowest BCUT2D eigenvalue weighted by atomic mass is 10.2. The molecule has 0 radical (unpaired) electrons. The van der Waals surface area contributed by atoms with Crippen LogP contribution in [-0.4, -0.2) is 27.6 Å². The molecule has 18 heavy (non-hydrogen) atoms. The molecular formula is C10H14F3N3O2. The van der Waals surface area contributed by atoms with Crippen molar-refractivity contribution in [3.05, 3.63) is 11.4 Å². The Morgan fingerprint density at radius 3 is 2.50 bits per heavy atom. The van der Waals surface area contributed by atoms with Crippen molar-refractivity contribution in [2.75, 3.05) is 6.61 Å². The van der Waals surface area contributed by atoms with Gasteiger partial charge in [0.15, 0.2) is 5.69 Å². The van der Waals surface area contributed by atoms with Crippen LogP contribution in [0.2, 0.25) is 0 Å². The van der Waals surface area contributed by atoms with E-state index in [2.05, 4.69) is 15.0 Å². The van der Waals surface area contributed by atoms with Crippen LogP contribution in [0.15, 0.2) is 0 Å². The molecule has 8 heteroatoms. The first-order valence-corrected chi connectivity index (χ1v) is 5.52. The number of esters is 1. The van der Waals surface area contributed by atoms with Gasteiger partial charge in [-0.2, -0.15) is 13.2 Å². The van der Waals surface area contributed by atoms with E-state index in [-0.39, 0.29) is 6.61 Å². The van der Waals surface area contributed by atoms with Crippen molar-refractivity contribution < 1.29 is 22.7 Å². The summed E-state index contributed by atoms with van der Waals surface area (Å²) in [5.74, 6) is -1.11. The van der Waals surface area contributed by atoms with Crippen LogP contribution in [0.1, 0.15) is 49.4 Å². The van der Waals surface area contributed by atoms with Gasteiger partial charge in [-0.3, -0.25) is 0 Å². The van der Waals surface area contributed by atoms with Gasteiger partial charge in [0.25, 0.3) is 0 Å². The predicted octanol–water partition coefficient (Wildman–Crippen LogP) is 2.44. The molecule has 102 valence electrons. The Morgan fingerprint density at radius 1 is 1.44 bits per heavy atom. The number of ether oxygens (including phenoxy) is 1. The zero-order valence-electron chi connectivity index (χ0n) is 10.3. The summed E-state index contributed by atoms with van der Waals surface area (Å²) in [7, 11) is 0. The molecule has 0 amide bonds. The van der Waals surface area contributed by atoms with E-state index in [1.165, 1.54) is 6.92 Å². The highest BCUT2D eigenvalue weighted by molar-refractivity contribution is 5.88. The Balaban J connectivity index is 3.29. The quantitative estimate of drug-likeness (QED) is 0.784. The smallest absolute Gasteiger partial charge is 0.435 e. The Kier molecular flexibility index (Phi) is 4.31. The van der Waals surface area contributed by atoms with Crippen molar-refractivity contribution in [1.29, 1.82) is 0 Å². The molecule has 1 atom stereocenters. The van der Waals surface area contributed by atoms with E-state index in [1.54, 1.807) is 13.8 Å². The first-order chi connectivity index (χ1) is 8.32. The van der Waals surface area contributed by atoms with Gasteiger partial charge in [0.05, 0.1) is 12.6 Å². The van der Waals surface area contributed by atoms with Gasteiger partial charge < -0.3 is 4.74 Å². The highest BCUT2D eigenvalue weighted by Crippen LogP contribution is 2.33. The van der Waals surface area contributed by atoms with Crippen LogP contribution in [0.25, 0.3) is 0 Å². The van der Waals surface area contributed by atoms with E-state index in [1.807, 2.05) is 0 Å². The van der Waals surface area contributed by atoms with Crippen LogP contribution >= 0.6 is 0 Å². The molecule has 0 N–H and O–H groups in total. The highest BCUT2D eigenvalue weighted by Gasteiger charge is 2.42. The molecule has 1 rings (SSSR count). The number of hydrogen-bond donors (Lipinski definition) is 0. The van der Waals surface area contributed by atoms with Gasteiger partial charge in [-0.25, -0.2) is 9.48 Å². The van der Waals surface area contributed by atoms with Crippen molar-refractivity contribution >= 4 is 5.97 Å². The monoisotopic (exact) mass is 265 g/mol. The first-order valence-electron chi connectivity index (χ1n) is 5.52. The Hall–Kier alpha value is -1.60. The lowest BCUT2D eigenvalue weighted by Crippen LogP contribution is -2.21. The minimum Gasteiger partial charge on any atom is -0.461 e. The van der Waals surface area contributed by atoms with Gasteiger partial charge >= 0.3 is 12.1 Å². The molecule has 0 fully saturated rings. The Morgan fingerprint density at radius 2 is 2.06 bits per heavy atom. The fraction of sp³-hybridized carbons (Fsp3) is 0.700. The van der Waals surface area contributed by atoms with Crippen molar-refractivity contribution in [3.63, 3.8) is 0 Å². The third kappa shape index (κ3) is 2.80. The molecule has 0 saturated heterocycles. The van der Waals surface area contributed by atoms with Gasteiger partial charge in [-0.05, 0) is 20.3 Å². The minimum absolute atomic E-state index is 0.0215. The lowest BCUT2D eigenvalue weighted by molar-refractivity contribution is -0.145. The maximum atomic E-state index is 12.9. The van der Waals surface area contributed by atoms with Crippen molar-refractivity contribution in [3.8, 4) is 0 Å². The van der Waals surface area contributed by atoms with E-state index in [0.29, 0.717) is 11.1 Å². The van der Waals surface area contributed by atoms with Crippen LogP contribution < -0.4 is 0 Å². The van der Waals surface area contributed by atoms with Gasteiger partial charge in [0.2, 0.25) is 5.69 Å². The van der Waals surface area contributed by atoms with Crippen molar-refractivity contribution in [2.45, 2.75) is 39.4 Å². The fourth-order valence-electron chi connectivity index (χ4n) is 1.38. The maximum Gasteiger partial charge on any atom is 0.435 e. The van der Waals surface area contributed by atoms with Crippen LogP contribution in [0, 0.1) is 0 Å². The summed E-state index contributed by atoms with van der Waals surface area (Å²) in [6.07, 6.45) is -4.26. The van der Waals surface area contributed by atoms with Gasteiger partial charge in [-0.15, -0.1) is 5.10 Å². The second kappa shape index (κ2) is 5.36. The van der Waals surface area contributed by atoms with Crippen molar-refractivity contribution in [2.24, 2.45) is 0 Å². The van der Waals surface area contributed by atoms with E-state index in [9.17, 15) is 18.0 Å². The second-order valence-electron chi connectivity index (χ2n) is 3.71. The molecule has 5 nitrogen and oxygen atoms in total. The van der Waals surface area contributed by atoms with Crippen LogP contribution in [-0.2, 0) is 10.9 Å². The van der Waals surface area contributed by atoms with Crippen LogP contribution in [0.5, 0.6) is 0 Å². The molecular weight excluding hydrogens is 251 g/mol. The summed E-state index contributed by atoms with van der Waals surface area (Å²) >= 11 is 0. The average Bonchev–Trinajstić information content (AvgIpc) is 2.72. The van der Waals surface area contributed by atoms with Crippen LogP contribution in [0.4, 0.5) is 13.2 Å². The average molecular weight is 265 g/mol. The number of carbonyl (C=O) groups excluding carboxylic acids is 1. The number of alkyl halides is 3. The molecule has 0 aliphatic heterocycles. The normalized spacial score (nSPS) is 13.4. The third-order valence-electron chi connectivity index (χ3n) is 2.44. The largest absolute Gasteiger partial charge is 0.461 e. The zero-order valence-corrected chi connectivity index (χ0v) is 10.3. The summed E-state index contributed by atoms with van der Waals surface area (Å²) in [6, 6.07) is -0.502. The summed E-state index contributed by atoms with van der Waals surface area (Å²) in [4.78, 5) is 11.4. The first kappa shape index (κ1) is 14.5. The van der Waals surface area contributed by atoms with Gasteiger partial charge in [0, 0.05) is 0 Å². The number of rotatable bonds is 4. The predicted molar refractivity (Wildman–Crippen MR) is 56.0 cm³/mol. The minimum atomic E-state index is -4.70. The SMILES string of the molecule is CCOC(=O)c1nnn(C(C)CC)c1C(F)(F)F. The number of aromatic nitrogens is 3. The molecule has 1 aromatic heterocycles. The Bertz CT molecular complexity index is 428. The molecule has 0 aliphatic rings. The summed E-state index contributed by atoms with van der Waals surface area (Å²) in [5.41, 5.74) is -1.94. The Labute approximate surface area is 102 Å². The number of hydrogen-bond acceptors (Lipinski definition) is 4. The maximum absolute atomic E-state index is 12.9. The fourth-order valence-corrected chi connectivity index (χ4v) is 1.38. The molecule has 0 aliphatic carbocycles. The molecule has 0 spiro atoms. The van der Waals surface area contributed by atoms with E-state index in [4.69, 9.17) is 0 Å². The van der Waals surface area contributed by atoms with E-state index < -0.39 is 29.6 Å². The zero-order chi connectivity index (χ0) is 13.9. The molecule has 0 saturated carbocycles. The molecule has 1 unspecified atom stereocenters. The lowest BCUT2D eigenvalue weighted by Gasteiger charge is -2.14.